The van der Waals surface area contributed by atoms with E-state index in [0.717, 1.165) is 11.2 Å². The fraction of sp³-hybridized carbons (Fsp3) is 0.182. The molecule has 0 N–H and O–H groups in total. The van der Waals surface area contributed by atoms with Crippen LogP contribution in [-0.4, -0.2) is 19.5 Å². The van der Waals surface area contributed by atoms with E-state index in [1.807, 2.05) is 11.6 Å². The van der Waals surface area contributed by atoms with E-state index in [2.05, 4.69) is 41.3 Å². The fourth-order valence-corrected chi connectivity index (χ4v) is 0.882. The van der Waals surface area contributed by atoms with Gasteiger partial charge in [-0.2, -0.15) is 0 Å². The van der Waals surface area contributed by atoms with E-state index in [-0.39, 0.29) is 7.43 Å². The first-order chi connectivity index (χ1) is 6.88. The summed E-state index contributed by atoms with van der Waals surface area (Å²) in [4.78, 5) is 11.9. The second kappa shape index (κ2) is 8.62. The lowest BCUT2D eigenvalue weighted by molar-refractivity contribution is 0.928. The molecule has 82 valence electrons. The summed E-state index contributed by atoms with van der Waals surface area (Å²) in [5, 5.41) is 0. The van der Waals surface area contributed by atoms with E-state index in [0.29, 0.717) is 0 Å². The second-order valence-electron chi connectivity index (χ2n) is 2.09. The van der Waals surface area contributed by atoms with Crippen molar-refractivity contribution in [2.24, 2.45) is 7.05 Å². The first-order valence-corrected chi connectivity index (χ1v) is 3.95. The van der Waals surface area contributed by atoms with Gasteiger partial charge in [-0.15, -0.1) is 26.3 Å². The number of hydrogen-bond donors (Lipinski definition) is 0. The molecule has 4 nitrogen and oxygen atoms in total. The first-order valence-electron chi connectivity index (χ1n) is 3.95. The normalized spacial score (nSPS) is 7.53. The summed E-state index contributed by atoms with van der Waals surface area (Å²) >= 11 is 0. The minimum Gasteiger partial charge on any atom is -0.318 e. The number of imidazole rings is 1. The molecule has 0 fully saturated rings. The standard InChI is InChI=1S/C6H6N4.2C2H4.CH4/c1-10-4-9-5-2-7-3-8-6(5)10;2*1-2;/h2-4H,1H3;2*1-2H2;1H4. The van der Waals surface area contributed by atoms with Gasteiger partial charge in [0, 0.05) is 7.05 Å². The molecular weight excluding hydrogens is 188 g/mol. The lowest BCUT2D eigenvalue weighted by Crippen LogP contribution is -1.86. The van der Waals surface area contributed by atoms with E-state index in [9.17, 15) is 0 Å². The Morgan fingerprint density at radius 1 is 1.13 bits per heavy atom. The van der Waals surface area contributed by atoms with E-state index < -0.39 is 0 Å². The van der Waals surface area contributed by atoms with E-state index in [4.69, 9.17) is 0 Å². The van der Waals surface area contributed by atoms with Gasteiger partial charge in [0.15, 0.2) is 5.65 Å². The van der Waals surface area contributed by atoms with Crippen LogP contribution >= 0.6 is 0 Å². The minimum absolute atomic E-state index is 0. The molecule has 2 aromatic heterocycles. The maximum absolute atomic E-state index is 4.06. The molecule has 0 amide bonds. The SMILES string of the molecule is C.C=C.C=C.Cn1cnc2cncnc21. The van der Waals surface area contributed by atoms with Crippen LogP contribution in [0.5, 0.6) is 0 Å². The monoisotopic (exact) mass is 206 g/mol. The Morgan fingerprint density at radius 3 is 2.27 bits per heavy atom. The highest BCUT2D eigenvalue weighted by Gasteiger charge is 1.96. The quantitative estimate of drug-likeness (QED) is 0.622. The van der Waals surface area contributed by atoms with Crippen molar-refractivity contribution in [1.29, 1.82) is 0 Å². The Morgan fingerprint density at radius 2 is 1.73 bits per heavy atom. The molecule has 2 rings (SSSR count). The van der Waals surface area contributed by atoms with Crippen molar-refractivity contribution in [3.05, 3.63) is 45.2 Å². The van der Waals surface area contributed by atoms with Crippen LogP contribution in [0.15, 0.2) is 45.2 Å². The summed E-state index contributed by atoms with van der Waals surface area (Å²) in [6.07, 6.45) is 4.94. The van der Waals surface area contributed by atoms with Crippen LogP contribution < -0.4 is 0 Å². The van der Waals surface area contributed by atoms with Gasteiger partial charge in [-0.25, -0.2) is 15.0 Å². The Kier molecular flexibility index (Phi) is 8.91. The Bertz CT molecular complexity index is 379. The minimum atomic E-state index is 0. The maximum Gasteiger partial charge on any atom is 0.162 e. The topological polar surface area (TPSA) is 43.6 Å². The van der Waals surface area contributed by atoms with Gasteiger partial charge in [0.1, 0.15) is 11.8 Å². The predicted octanol–water partition coefficient (Wildman–Crippen LogP) is 2.60. The highest BCUT2D eigenvalue weighted by atomic mass is 15.1. The summed E-state index contributed by atoms with van der Waals surface area (Å²) in [5.74, 6) is 0. The van der Waals surface area contributed by atoms with E-state index >= 15 is 0 Å². The summed E-state index contributed by atoms with van der Waals surface area (Å²) in [7, 11) is 1.91. The highest BCUT2D eigenvalue weighted by molar-refractivity contribution is 5.68. The molecule has 15 heavy (non-hydrogen) atoms. The van der Waals surface area contributed by atoms with Crippen molar-refractivity contribution in [3.8, 4) is 0 Å². The molecule has 0 spiro atoms. The summed E-state index contributed by atoms with van der Waals surface area (Å²) in [6, 6.07) is 0. The van der Waals surface area contributed by atoms with Crippen molar-refractivity contribution in [2.75, 3.05) is 0 Å². The average molecular weight is 206 g/mol. The second-order valence-corrected chi connectivity index (χ2v) is 2.09. The van der Waals surface area contributed by atoms with Gasteiger partial charge in [-0.1, -0.05) is 7.43 Å². The molecule has 0 saturated heterocycles. The molecule has 0 atom stereocenters. The molecule has 0 aliphatic heterocycles. The van der Waals surface area contributed by atoms with Crippen molar-refractivity contribution < 1.29 is 0 Å². The number of aryl methyl sites for hydroxylation is 1. The van der Waals surface area contributed by atoms with Gasteiger partial charge in [0.25, 0.3) is 0 Å². The fourth-order valence-electron chi connectivity index (χ4n) is 0.882. The van der Waals surface area contributed by atoms with Crippen LogP contribution in [0.25, 0.3) is 11.2 Å². The number of rotatable bonds is 0. The molecule has 0 aliphatic rings. The number of nitrogens with zero attached hydrogens (tertiary/aromatic N) is 4. The van der Waals surface area contributed by atoms with Crippen LogP contribution in [0, 0.1) is 0 Å². The maximum atomic E-state index is 4.06. The molecule has 4 heteroatoms. The summed E-state index contributed by atoms with van der Waals surface area (Å²) in [6.45, 7) is 12.0. The largest absolute Gasteiger partial charge is 0.318 e. The summed E-state index contributed by atoms with van der Waals surface area (Å²) < 4.78 is 1.86. The Labute approximate surface area is 91.0 Å². The predicted molar refractivity (Wildman–Crippen MR) is 65.5 cm³/mol. The zero-order chi connectivity index (χ0) is 11.0. The third-order valence-corrected chi connectivity index (χ3v) is 1.38. The van der Waals surface area contributed by atoms with Crippen LogP contribution in [0.3, 0.4) is 0 Å². The molecule has 0 unspecified atom stereocenters. The van der Waals surface area contributed by atoms with Crippen LogP contribution in [0.4, 0.5) is 0 Å². The van der Waals surface area contributed by atoms with Crippen LogP contribution in [0.1, 0.15) is 7.43 Å². The first kappa shape index (κ1) is 15.5. The van der Waals surface area contributed by atoms with Gasteiger partial charge in [0.2, 0.25) is 0 Å². The van der Waals surface area contributed by atoms with Gasteiger partial charge < -0.3 is 4.57 Å². The third kappa shape index (κ3) is 3.72. The lowest BCUT2D eigenvalue weighted by atomic mass is 10.6. The zero-order valence-corrected chi connectivity index (χ0v) is 8.35. The van der Waals surface area contributed by atoms with Crippen molar-refractivity contribution in [3.63, 3.8) is 0 Å². The smallest absolute Gasteiger partial charge is 0.162 e. The number of fused-ring (bicyclic) bond motifs is 1. The molecule has 0 bridgehead atoms. The Balaban J connectivity index is 0. The molecule has 0 aromatic carbocycles. The molecule has 0 aliphatic carbocycles. The number of hydrogen-bond acceptors (Lipinski definition) is 3. The lowest BCUT2D eigenvalue weighted by Gasteiger charge is -1.88. The summed E-state index contributed by atoms with van der Waals surface area (Å²) in [5.41, 5.74) is 1.71. The van der Waals surface area contributed by atoms with Gasteiger partial charge in [-0.05, 0) is 0 Å². The van der Waals surface area contributed by atoms with Crippen molar-refractivity contribution in [1.82, 2.24) is 19.5 Å². The van der Waals surface area contributed by atoms with E-state index in [1.165, 1.54) is 6.33 Å². The molecule has 2 aromatic rings. The Hall–Kier alpha value is -1.97. The average Bonchev–Trinajstić information content (AvgIpc) is 2.67. The zero-order valence-electron chi connectivity index (χ0n) is 8.35. The highest BCUT2D eigenvalue weighted by Crippen LogP contribution is 2.03. The molecule has 2 heterocycles. The van der Waals surface area contributed by atoms with Gasteiger partial charge in [-0.3, -0.25) is 0 Å². The third-order valence-electron chi connectivity index (χ3n) is 1.38. The van der Waals surface area contributed by atoms with E-state index in [1.54, 1.807) is 12.5 Å². The van der Waals surface area contributed by atoms with Gasteiger partial charge in [0.05, 0.1) is 12.5 Å². The van der Waals surface area contributed by atoms with Crippen LogP contribution in [0.2, 0.25) is 0 Å². The number of aromatic nitrogens is 4. The molecule has 0 radical (unpaired) electrons. The van der Waals surface area contributed by atoms with Crippen molar-refractivity contribution >= 4 is 11.2 Å². The van der Waals surface area contributed by atoms with Crippen LogP contribution in [-0.2, 0) is 7.05 Å². The molecule has 0 saturated carbocycles. The van der Waals surface area contributed by atoms with Crippen molar-refractivity contribution in [2.45, 2.75) is 7.43 Å². The van der Waals surface area contributed by atoms with Gasteiger partial charge >= 0.3 is 0 Å². The molecular formula is C11H18N4.